The lowest BCUT2D eigenvalue weighted by molar-refractivity contribution is -0.131. The normalized spacial score (nSPS) is 10.7. The Labute approximate surface area is 127 Å². The van der Waals surface area contributed by atoms with Gasteiger partial charge in [-0.05, 0) is 31.0 Å². The van der Waals surface area contributed by atoms with E-state index in [1.807, 2.05) is 25.1 Å². The maximum absolute atomic E-state index is 11.0. The third-order valence-corrected chi connectivity index (χ3v) is 3.60. The second kappa shape index (κ2) is 5.85. The second-order valence-electron chi connectivity index (χ2n) is 4.54. The SMILES string of the molecule is CC(=O)Oc1c(C)nn(Cc2ccc(Cl)c(C)c2)c1Cl. The molecule has 0 fully saturated rings. The van der Waals surface area contributed by atoms with Crippen molar-refractivity contribution >= 4 is 29.2 Å². The maximum Gasteiger partial charge on any atom is 0.308 e. The molecule has 0 bridgehead atoms. The van der Waals surface area contributed by atoms with E-state index in [-0.39, 0.29) is 0 Å². The zero-order valence-corrected chi connectivity index (χ0v) is 12.9. The van der Waals surface area contributed by atoms with E-state index in [9.17, 15) is 4.79 Å². The van der Waals surface area contributed by atoms with Crippen LogP contribution in [0.4, 0.5) is 0 Å². The largest absolute Gasteiger partial charge is 0.421 e. The number of nitrogens with zero attached hydrogens (tertiary/aromatic N) is 2. The van der Waals surface area contributed by atoms with Crippen molar-refractivity contribution in [1.82, 2.24) is 9.78 Å². The Morgan fingerprint density at radius 2 is 2.05 bits per heavy atom. The van der Waals surface area contributed by atoms with Gasteiger partial charge in [-0.15, -0.1) is 0 Å². The molecular weight excluding hydrogens is 299 g/mol. The van der Waals surface area contributed by atoms with Crippen LogP contribution in [-0.4, -0.2) is 15.7 Å². The number of halogens is 2. The van der Waals surface area contributed by atoms with Gasteiger partial charge in [0.25, 0.3) is 0 Å². The van der Waals surface area contributed by atoms with E-state index in [0.717, 1.165) is 16.1 Å². The van der Waals surface area contributed by atoms with E-state index >= 15 is 0 Å². The minimum atomic E-state index is -0.420. The van der Waals surface area contributed by atoms with E-state index in [2.05, 4.69) is 5.10 Å². The number of esters is 1. The summed E-state index contributed by atoms with van der Waals surface area (Å²) in [6.07, 6.45) is 0. The highest BCUT2D eigenvalue weighted by Gasteiger charge is 2.16. The van der Waals surface area contributed by atoms with E-state index in [4.69, 9.17) is 27.9 Å². The molecule has 0 saturated heterocycles. The fourth-order valence-corrected chi connectivity index (χ4v) is 2.27. The van der Waals surface area contributed by atoms with Crippen molar-refractivity contribution in [2.24, 2.45) is 0 Å². The Hall–Kier alpha value is -1.52. The van der Waals surface area contributed by atoms with Crippen molar-refractivity contribution in [3.63, 3.8) is 0 Å². The number of carbonyl (C=O) groups excluding carboxylic acids is 1. The van der Waals surface area contributed by atoms with Gasteiger partial charge in [0.05, 0.1) is 6.54 Å². The fourth-order valence-electron chi connectivity index (χ4n) is 1.88. The van der Waals surface area contributed by atoms with Gasteiger partial charge in [-0.2, -0.15) is 5.10 Å². The minimum Gasteiger partial charge on any atom is -0.421 e. The first-order valence-electron chi connectivity index (χ1n) is 6.05. The fraction of sp³-hybridized carbons (Fsp3) is 0.286. The van der Waals surface area contributed by atoms with Crippen LogP contribution in [0.1, 0.15) is 23.7 Å². The number of aryl methyl sites for hydroxylation is 2. The van der Waals surface area contributed by atoms with Crippen LogP contribution in [-0.2, 0) is 11.3 Å². The summed E-state index contributed by atoms with van der Waals surface area (Å²) in [6.45, 7) is 5.49. The topological polar surface area (TPSA) is 44.1 Å². The molecule has 1 aromatic carbocycles. The van der Waals surface area contributed by atoms with Gasteiger partial charge in [-0.25, -0.2) is 4.68 Å². The Morgan fingerprint density at radius 3 is 2.65 bits per heavy atom. The number of hydrogen-bond donors (Lipinski definition) is 0. The molecule has 0 spiro atoms. The summed E-state index contributed by atoms with van der Waals surface area (Å²) in [4.78, 5) is 11.0. The Balaban J connectivity index is 2.29. The molecule has 1 heterocycles. The van der Waals surface area contributed by atoms with Gasteiger partial charge in [0.2, 0.25) is 0 Å². The molecule has 2 aromatic rings. The van der Waals surface area contributed by atoms with Crippen LogP contribution in [0.2, 0.25) is 10.2 Å². The number of rotatable bonds is 3. The van der Waals surface area contributed by atoms with Crippen LogP contribution in [0.3, 0.4) is 0 Å². The van der Waals surface area contributed by atoms with Crippen LogP contribution in [0.5, 0.6) is 5.75 Å². The van der Waals surface area contributed by atoms with Crippen molar-refractivity contribution in [3.05, 3.63) is 45.2 Å². The Morgan fingerprint density at radius 1 is 1.35 bits per heavy atom. The average Bonchev–Trinajstić information content (AvgIpc) is 2.61. The number of aromatic nitrogens is 2. The van der Waals surface area contributed by atoms with Crippen LogP contribution in [0, 0.1) is 13.8 Å². The van der Waals surface area contributed by atoms with Gasteiger partial charge in [-0.3, -0.25) is 4.79 Å². The summed E-state index contributed by atoms with van der Waals surface area (Å²) in [6, 6.07) is 5.72. The zero-order chi connectivity index (χ0) is 14.9. The lowest BCUT2D eigenvalue weighted by atomic mass is 10.1. The van der Waals surface area contributed by atoms with E-state index in [1.54, 1.807) is 11.6 Å². The van der Waals surface area contributed by atoms with Crippen molar-refractivity contribution < 1.29 is 9.53 Å². The molecule has 0 amide bonds. The Kier molecular flexibility index (Phi) is 4.35. The van der Waals surface area contributed by atoms with Gasteiger partial charge in [-0.1, -0.05) is 35.3 Å². The molecule has 0 aliphatic rings. The highest BCUT2D eigenvalue weighted by molar-refractivity contribution is 6.31. The molecule has 0 unspecified atom stereocenters. The van der Waals surface area contributed by atoms with Gasteiger partial charge >= 0.3 is 5.97 Å². The van der Waals surface area contributed by atoms with E-state index in [0.29, 0.717) is 23.1 Å². The van der Waals surface area contributed by atoms with Crippen molar-refractivity contribution in [1.29, 1.82) is 0 Å². The van der Waals surface area contributed by atoms with Gasteiger partial charge < -0.3 is 4.74 Å². The third-order valence-electron chi connectivity index (χ3n) is 2.81. The molecule has 2 rings (SSSR count). The molecule has 106 valence electrons. The van der Waals surface area contributed by atoms with Gasteiger partial charge in [0.15, 0.2) is 10.9 Å². The summed E-state index contributed by atoms with van der Waals surface area (Å²) >= 11 is 12.2. The average molecular weight is 313 g/mol. The standard InChI is InChI=1S/C14H14Cl2N2O2/c1-8-6-11(4-5-12(8)15)7-18-14(16)13(9(2)17-18)20-10(3)19/h4-6H,7H2,1-3H3. The first-order chi connectivity index (χ1) is 9.38. The number of ether oxygens (including phenoxy) is 1. The van der Waals surface area contributed by atoms with Crippen LogP contribution in [0.25, 0.3) is 0 Å². The predicted molar refractivity (Wildman–Crippen MR) is 78.6 cm³/mol. The molecule has 4 nitrogen and oxygen atoms in total. The molecule has 0 radical (unpaired) electrons. The Bertz CT molecular complexity index is 665. The van der Waals surface area contributed by atoms with Crippen molar-refractivity contribution in [2.45, 2.75) is 27.3 Å². The third kappa shape index (κ3) is 3.14. The summed E-state index contributed by atoms with van der Waals surface area (Å²) < 4.78 is 6.66. The number of carbonyl (C=O) groups is 1. The maximum atomic E-state index is 11.0. The first kappa shape index (κ1) is 14.9. The quantitative estimate of drug-likeness (QED) is 0.810. The minimum absolute atomic E-state index is 0.310. The van der Waals surface area contributed by atoms with Gasteiger partial charge in [0, 0.05) is 11.9 Å². The first-order valence-corrected chi connectivity index (χ1v) is 6.80. The van der Waals surface area contributed by atoms with Crippen molar-refractivity contribution in [3.8, 4) is 5.75 Å². The predicted octanol–water partition coefficient (Wildman–Crippen LogP) is 3.78. The van der Waals surface area contributed by atoms with E-state index in [1.165, 1.54) is 6.92 Å². The molecule has 0 atom stereocenters. The zero-order valence-electron chi connectivity index (χ0n) is 11.4. The van der Waals surface area contributed by atoms with Crippen molar-refractivity contribution in [2.75, 3.05) is 0 Å². The summed E-state index contributed by atoms with van der Waals surface area (Å²) in [5.41, 5.74) is 2.59. The molecule has 0 N–H and O–H groups in total. The monoisotopic (exact) mass is 312 g/mol. The number of benzene rings is 1. The lowest BCUT2D eigenvalue weighted by Gasteiger charge is -2.06. The number of hydrogen-bond acceptors (Lipinski definition) is 3. The molecule has 0 aliphatic heterocycles. The summed E-state index contributed by atoms with van der Waals surface area (Å²) in [5.74, 6) is -0.110. The highest BCUT2D eigenvalue weighted by Crippen LogP contribution is 2.29. The lowest BCUT2D eigenvalue weighted by Crippen LogP contribution is -2.04. The smallest absolute Gasteiger partial charge is 0.308 e. The van der Waals surface area contributed by atoms with Crippen LogP contribution in [0.15, 0.2) is 18.2 Å². The molecule has 6 heteroatoms. The molecule has 0 aliphatic carbocycles. The highest BCUT2D eigenvalue weighted by atomic mass is 35.5. The molecule has 1 aromatic heterocycles. The summed E-state index contributed by atoms with van der Waals surface area (Å²) in [7, 11) is 0. The molecular formula is C14H14Cl2N2O2. The van der Waals surface area contributed by atoms with Crippen LogP contribution < -0.4 is 4.74 Å². The van der Waals surface area contributed by atoms with Gasteiger partial charge in [0.1, 0.15) is 5.69 Å². The second-order valence-corrected chi connectivity index (χ2v) is 5.31. The van der Waals surface area contributed by atoms with E-state index < -0.39 is 5.97 Å². The van der Waals surface area contributed by atoms with Crippen LogP contribution >= 0.6 is 23.2 Å². The molecule has 20 heavy (non-hydrogen) atoms. The summed E-state index contributed by atoms with van der Waals surface area (Å²) in [5, 5.41) is 5.32. The molecule has 0 saturated carbocycles.